The maximum Gasteiger partial charge on any atom is 0.328 e. The van der Waals surface area contributed by atoms with Crippen molar-refractivity contribution in [1.82, 2.24) is 10.3 Å². The Kier molecular flexibility index (Phi) is 5.91. The molecule has 3 aromatic rings. The van der Waals surface area contributed by atoms with Gasteiger partial charge in [0.1, 0.15) is 6.04 Å². The number of fused-ring (bicyclic) bond motifs is 1. The molecule has 29 heavy (non-hydrogen) atoms. The first kappa shape index (κ1) is 20.8. The summed E-state index contributed by atoms with van der Waals surface area (Å²) in [6.45, 7) is 0. The summed E-state index contributed by atoms with van der Waals surface area (Å²) in [5.74, 6) is -1.30. The molecule has 1 atom stereocenters. The molecule has 0 unspecified atom stereocenters. The highest BCUT2D eigenvalue weighted by Crippen LogP contribution is 2.32. The third-order valence-electron chi connectivity index (χ3n) is 4.26. The summed E-state index contributed by atoms with van der Waals surface area (Å²) >= 11 is 0.663. The summed E-state index contributed by atoms with van der Waals surface area (Å²) in [6.07, 6.45) is 1.95. The fourth-order valence-electron chi connectivity index (χ4n) is 2.90. The number of ether oxygens (including phenoxy) is 2. The molecule has 0 saturated carbocycles. The number of nitrogens with one attached hydrogen (secondary N) is 2. The average molecular weight is 437 g/mol. The number of aromatic nitrogens is 1. The maximum absolute atomic E-state index is 12.7. The number of thiophene rings is 1. The highest BCUT2D eigenvalue weighted by atomic mass is 32.2. The minimum Gasteiger partial charge on any atom is -0.494 e. The van der Waals surface area contributed by atoms with Gasteiger partial charge in [-0.15, -0.1) is 11.3 Å². The van der Waals surface area contributed by atoms with Gasteiger partial charge >= 0.3 is 5.97 Å². The fourth-order valence-corrected chi connectivity index (χ4v) is 4.81. The molecule has 0 aliphatic rings. The molecule has 0 fully saturated rings. The van der Waals surface area contributed by atoms with Gasteiger partial charge in [0, 0.05) is 29.6 Å². The van der Waals surface area contributed by atoms with Crippen LogP contribution in [0.4, 0.5) is 0 Å². The molecular weight excluding hydrogens is 418 g/mol. The number of methoxy groups -OCH3 is 2. The number of benzene rings is 1. The topological polar surface area (TPSA) is 141 Å². The highest BCUT2D eigenvalue weighted by molar-refractivity contribution is 7.91. The van der Waals surface area contributed by atoms with Crippen molar-refractivity contribution in [1.29, 1.82) is 0 Å². The summed E-state index contributed by atoms with van der Waals surface area (Å²) in [4.78, 5) is 28.1. The lowest BCUT2D eigenvalue weighted by molar-refractivity contribution is -0.142. The van der Waals surface area contributed by atoms with E-state index in [1.807, 2.05) is 24.3 Å². The number of para-hydroxylation sites is 1. The van der Waals surface area contributed by atoms with Gasteiger partial charge in [0.05, 0.1) is 19.1 Å². The van der Waals surface area contributed by atoms with E-state index < -0.39 is 27.9 Å². The molecule has 0 spiro atoms. The zero-order chi connectivity index (χ0) is 21.2. The molecule has 9 nitrogen and oxygen atoms in total. The normalized spacial score (nSPS) is 12.5. The standard InChI is InChI=1S/C18H19N3O6S2/c1-26-14-8-15(28-18(14)29(19,24)25)16(22)21-13(17(23)27-2)7-10-9-20-12-6-4-3-5-11(10)12/h3-6,8-9,13,20H,7H2,1-2H3,(H,21,22)(H2,19,24,25)/t13-/m1/s1. The lowest BCUT2D eigenvalue weighted by atomic mass is 10.0. The Labute approximate surface area is 170 Å². The molecule has 3 rings (SSSR count). The molecule has 2 heterocycles. The number of carbonyl (C=O) groups excluding carboxylic acids is 2. The third-order valence-corrected chi connectivity index (χ3v) is 6.83. The van der Waals surface area contributed by atoms with E-state index in [9.17, 15) is 18.0 Å². The molecule has 154 valence electrons. The predicted molar refractivity (Wildman–Crippen MR) is 108 cm³/mol. The van der Waals surface area contributed by atoms with Crippen molar-refractivity contribution in [3.63, 3.8) is 0 Å². The summed E-state index contributed by atoms with van der Waals surface area (Å²) in [6, 6.07) is 7.85. The number of nitrogens with two attached hydrogens (primary N) is 1. The molecule has 1 aromatic carbocycles. The average Bonchev–Trinajstić information content (AvgIpc) is 3.31. The van der Waals surface area contributed by atoms with Gasteiger partial charge in [-0.25, -0.2) is 18.4 Å². The Balaban J connectivity index is 1.86. The monoisotopic (exact) mass is 437 g/mol. The van der Waals surface area contributed by atoms with E-state index in [2.05, 4.69) is 10.3 Å². The molecule has 2 aromatic heterocycles. The lowest BCUT2D eigenvalue weighted by Crippen LogP contribution is -2.42. The number of rotatable bonds is 7. The quantitative estimate of drug-likeness (QED) is 0.477. The SMILES string of the molecule is COC(=O)[C@@H](Cc1c[nH]c2ccccc12)NC(=O)c1cc(OC)c(S(N)(=O)=O)s1. The largest absolute Gasteiger partial charge is 0.494 e. The minimum atomic E-state index is -4.06. The summed E-state index contributed by atoms with van der Waals surface area (Å²) in [7, 11) is -1.56. The molecule has 11 heteroatoms. The van der Waals surface area contributed by atoms with Crippen LogP contribution in [-0.2, 0) is 26.0 Å². The van der Waals surface area contributed by atoms with Crippen molar-refractivity contribution < 1.29 is 27.5 Å². The van der Waals surface area contributed by atoms with Crippen LogP contribution >= 0.6 is 11.3 Å². The number of hydrogen-bond acceptors (Lipinski definition) is 7. The van der Waals surface area contributed by atoms with Crippen molar-refractivity contribution in [3.05, 3.63) is 47.0 Å². The number of esters is 1. The maximum atomic E-state index is 12.7. The first-order valence-corrected chi connectivity index (χ1v) is 10.7. The van der Waals surface area contributed by atoms with Crippen LogP contribution in [0.3, 0.4) is 0 Å². The number of sulfonamides is 1. The number of aromatic amines is 1. The van der Waals surface area contributed by atoms with Gasteiger partial charge in [-0.3, -0.25) is 4.79 Å². The van der Waals surface area contributed by atoms with Gasteiger partial charge in [-0.2, -0.15) is 0 Å². The Bertz CT molecular complexity index is 1170. The third kappa shape index (κ3) is 4.42. The van der Waals surface area contributed by atoms with Gasteiger partial charge in [-0.05, 0) is 11.6 Å². The number of primary sulfonamides is 1. The lowest BCUT2D eigenvalue weighted by Gasteiger charge is -2.15. The van der Waals surface area contributed by atoms with E-state index in [-0.39, 0.29) is 21.3 Å². The van der Waals surface area contributed by atoms with Crippen molar-refractivity contribution >= 4 is 44.1 Å². The second-order valence-corrected chi connectivity index (χ2v) is 8.93. The highest BCUT2D eigenvalue weighted by Gasteiger charge is 2.27. The van der Waals surface area contributed by atoms with Gasteiger partial charge in [0.15, 0.2) is 9.96 Å². The van der Waals surface area contributed by atoms with Gasteiger partial charge in [0.2, 0.25) is 0 Å². The van der Waals surface area contributed by atoms with Crippen molar-refractivity contribution in [2.75, 3.05) is 14.2 Å². The Morgan fingerprint density at radius 1 is 1.28 bits per heavy atom. The fraction of sp³-hybridized carbons (Fsp3) is 0.222. The second kappa shape index (κ2) is 8.23. The van der Waals surface area contributed by atoms with Crippen LogP contribution in [-0.4, -0.2) is 45.5 Å². The van der Waals surface area contributed by atoms with Crippen molar-refractivity contribution in [3.8, 4) is 5.75 Å². The number of H-pyrrole nitrogens is 1. The summed E-state index contributed by atoms with van der Waals surface area (Å²) in [5, 5.41) is 8.67. The van der Waals surface area contributed by atoms with Crippen LogP contribution < -0.4 is 15.2 Å². The number of hydrogen-bond donors (Lipinski definition) is 3. The van der Waals surface area contributed by atoms with Crippen molar-refractivity contribution in [2.45, 2.75) is 16.7 Å². The summed E-state index contributed by atoms with van der Waals surface area (Å²) in [5.41, 5.74) is 1.73. The van der Waals surface area contributed by atoms with E-state index >= 15 is 0 Å². The van der Waals surface area contributed by atoms with Crippen molar-refractivity contribution in [2.24, 2.45) is 5.14 Å². The van der Waals surface area contributed by atoms with E-state index in [0.29, 0.717) is 11.3 Å². The molecule has 0 saturated heterocycles. The molecular formula is C18H19N3O6S2. The van der Waals surface area contributed by atoms with Gasteiger partial charge in [-0.1, -0.05) is 18.2 Å². The van der Waals surface area contributed by atoms with E-state index in [1.54, 1.807) is 6.20 Å². The molecule has 0 bridgehead atoms. The van der Waals surface area contributed by atoms with Crippen LogP contribution in [0.5, 0.6) is 5.75 Å². The Hall–Kier alpha value is -2.89. The van der Waals surface area contributed by atoms with Gasteiger partial charge < -0.3 is 19.8 Å². The van der Waals surface area contributed by atoms with Gasteiger partial charge in [0.25, 0.3) is 15.9 Å². The zero-order valence-electron chi connectivity index (χ0n) is 15.6. The van der Waals surface area contributed by atoms with E-state index in [0.717, 1.165) is 16.5 Å². The predicted octanol–water partition coefficient (Wildman–Crippen LogP) is 1.40. The molecule has 0 radical (unpaired) electrons. The van der Waals surface area contributed by atoms with Crippen LogP contribution in [0.1, 0.15) is 15.2 Å². The van der Waals surface area contributed by atoms with Crippen LogP contribution in [0.15, 0.2) is 40.7 Å². The Morgan fingerprint density at radius 2 is 2.00 bits per heavy atom. The molecule has 1 amide bonds. The van der Waals surface area contributed by atoms with E-state index in [4.69, 9.17) is 14.6 Å². The first-order valence-electron chi connectivity index (χ1n) is 8.39. The Morgan fingerprint density at radius 3 is 2.62 bits per heavy atom. The van der Waals surface area contributed by atoms with Crippen LogP contribution in [0, 0.1) is 0 Å². The molecule has 0 aliphatic heterocycles. The number of amides is 1. The summed E-state index contributed by atoms with van der Waals surface area (Å²) < 4.78 is 32.9. The second-order valence-electron chi connectivity index (χ2n) is 6.12. The van der Waals surface area contributed by atoms with E-state index in [1.165, 1.54) is 20.3 Å². The van der Waals surface area contributed by atoms with Crippen LogP contribution in [0.25, 0.3) is 10.9 Å². The smallest absolute Gasteiger partial charge is 0.328 e. The number of carbonyl (C=O) groups is 2. The first-order chi connectivity index (χ1) is 13.7. The molecule has 4 N–H and O–H groups in total. The zero-order valence-corrected chi connectivity index (χ0v) is 17.2. The molecule has 0 aliphatic carbocycles. The minimum absolute atomic E-state index is 0.0334. The van der Waals surface area contributed by atoms with Crippen LogP contribution in [0.2, 0.25) is 0 Å².